The molecule has 7 nitrogen and oxygen atoms in total. The number of hydrogen-bond donors (Lipinski definition) is 1. The van der Waals surface area contributed by atoms with E-state index in [2.05, 4.69) is 15.4 Å². The van der Waals surface area contributed by atoms with Gasteiger partial charge in [0.25, 0.3) is 0 Å². The lowest BCUT2D eigenvalue weighted by Crippen LogP contribution is -2.00. The van der Waals surface area contributed by atoms with Crippen LogP contribution >= 0.6 is 11.3 Å². The Morgan fingerprint density at radius 3 is 3.00 bits per heavy atom. The van der Waals surface area contributed by atoms with Crippen LogP contribution in [0.2, 0.25) is 0 Å². The minimum atomic E-state index is 0.0342. The molecule has 0 saturated carbocycles. The van der Waals surface area contributed by atoms with Crippen LogP contribution < -0.4 is 14.8 Å². The third-order valence-corrected chi connectivity index (χ3v) is 5.41. The Morgan fingerprint density at radius 2 is 2.11 bits per heavy atom. The number of ketones is 1. The lowest BCUT2D eigenvalue weighted by molar-refractivity contribution is 0.101. The van der Waals surface area contributed by atoms with Crippen molar-refractivity contribution in [2.45, 2.75) is 13.5 Å². The van der Waals surface area contributed by atoms with Gasteiger partial charge in [-0.15, -0.1) is 5.10 Å². The maximum absolute atomic E-state index is 11.7. The Kier molecular flexibility index (Phi) is 3.98. The summed E-state index contributed by atoms with van der Waals surface area (Å²) in [4.78, 5) is 16.9. The summed E-state index contributed by atoms with van der Waals surface area (Å²) >= 11 is 1.47. The van der Waals surface area contributed by atoms with Crippen molar-refractivity contribution in [1.29, 1.82) is 0 Å². The molecular formula is C20H16N4O3S. The average Bonchev–Trinajstić information content (AvgIpc) is 3.41. The van der Waals surface area contributed by atoms with Crippen LogP contribution in [0.1, 0.15) is 22.8 Å². The molecule has 5 rings (SSSR count). The number of anilines is 1. The normalized spacial score (nSPS) is 12.5. The Labute approximate surface area is 164 Å². The summed E-state index contributed by atoms with van der Waals surface area (Å²) in [6, 6.07) is 13.4. The lowest BCUT2D eigenvalue weighted by Gasteiger charge is -2.04. The molecule has 2 aromatic heterocycles. The van der Waals surface area contributed by atoms with Gasteiger partial charge < -0.3 is 14.8 Å². The highest BCUT2D eigenvalue weighted by molar-refractivity contribution is 7.20. The second-order valence-electron chi connectivity index (χ2n) is 6.42. The van der Waals surface area contributed by atoms with E-state index < -0.39 is 0 Å². The van der Waals surface area contributed by atoms with Gasteiger partial charge in [0.2, 0.25) is 16.9 Å². The second kappa shape index (κ2) is 6.65. The molecular weight excluding hydrogens is 376 g/mol. The Bertz CT molecular complexity index is 1200. The summed E-state index contributed by atoms with van der Waals surface area (Å²) in [7, 11) is 0. The van der Waals surface area contributed by atoms with E-state index in [4.69, 9.17) is 9.47 Å². The van der Waals surface area contributed by atoms with Gasteiger partial charge in [-0.3, -0.25) is 4.79 Å². The van der Waals surface area contributed by atoms with Crippen LogP contribution in [-0.4, -0.2) is 27.2 Å². The van der Waals surface area contributed by atoms with E-state index >= 15 is 0 Å². The molecule has 3 heterocycles. The third-order valence-electron chi connectivity index (χ3n) is 4.53. The fraction of sp³-hybridized carbons (Fsp3) is 0.150. The first-order valence-corrected chi connectivity index (χ1v) is 9.57. The molecule has 0 amide bonds. The van der Waals surface area contributed by atoms with Crippen LogP contribution in [0.3, 0.4) is 0 Å². The van der Waals surface area contributed by atoms with Crippen molar-refractivity contribution >= 4 is 27.2 Å². The fourth-order valence-corrected chi connectivity index (χ4v) is 3.86. The molecule has 2 aromatic carbocycles. The van der Waals surface area contributed by atoms with E-state index in [1.807, 2.05) is 42.5 Å². The average molecular weight is 392 g/mol. The quantitative estimate of drug-likeness (QED) is 0.517. The first-order valence-electron chi connectivity index (χ1n) is 8.76. The maximum atomic E-state index is 11.7. The molecule has 4 aromatic rings. The fourth-order valence-electron chi connectivity index (χ4n) is 3.09. The van der Waals surface area contributed by atoms with Crippen molar-refractivity contribution < 1.29 is 14.3 Å². The number of hydrogen-bond acceptors (Lipinski definition) is 7. The number of ether oxygens (including phenoxy) is 2. The monoisotopic (exact) mass is 392 g/mol. The van der Waals surface area contributed by atoms with Gasteiger partial charge >= 0.3 is 0 Å². The van der Waals surface area contributed by atoms with Crippen LogP contribution in [0, 0.1) is 0 Å². The minimum Gasteiger partial charge on any atom is -0.454 e. The molecule has 0 unspecified atom stereocenters. The number of fused-ring (bicyclic) bond motifs is 2. The number of nitrogens with zero attached hydrogens (tertiary/aromatic N) is 3. The molecule has 28 heavy (non-hydrogen) atoms. The van der Waals surface area contributed by atoms with Gasteiger partial charge in [0.15, 0.2) is 17.3 Å². The zero-order chi connectivity index (χ0) is 19.1. The van der Waals surface area contributed by atoms with E-state index in [1.54, 1.807) is 17.6 Å². The number of rotatable bonds is 5. The molecule has 1 aliphatic heterocycles. The molecule has 140 valence electrons. The van der Waals surface area contributed by atoms with Crippen LogP contribution in [0.4, 0.5) is 5.13 Å². The lowest BCUT2D eigenvalue weighted by atomic mass is 10.1. The van der Waals surface area contributed by atoms with Gasteiger partial charge in [0, 0.05) is 17.7 Å². The van der Waals surface area contributed by atoms with E-state index in [1.165, 1.54) is 11.3 Å². The molecule has 0 saturated heterocycles. The van der Waals surface area contributed by atoms with E-state index in [0.717, 1.165) is 38.4 Å². The van der Waals surface area contributed by atoms with E-state index in [0.29, 0.717) is 12.1 Å². The summed E-state index contributed by atoms with van der Waals surface area (Å²) in [6.07, 6.45) is 1.78. The van der Waals surface area contributed by atoms with Gasteiger partial charge in [-0.05, 0) is 30.7 Å². The Hall–Kier alpha value is -3.39. The predicted octanol–water partition coefficient (Wildman–Crippen LogP) is 4.00. The van der Waals surface area contributed by atoms with Gasteiger partial charge in [-0.25, -0.2) is 9.50 Å². The Morgan fingerprint density at radius 1 is 1.21 bits per heavy atom. The first-order chi connectivity index (χ1) is 13.7. The van der Waals surface area contributed by atoms with Gasteiger partial charge in [-0.1, -0.05) is 35.6 Å². The van der Waals surface area contributed by atoms with E-state index in [-0.39, 0.29) is 12.6 Å². The largest absolute Gasteiger partial charge is 0.454 e. The van der Waals surface area contributed by atoms with Crippen molar-refractivity contribution in [3.8, 4) is 22.8 Å². The highest BCUT2D eigenvalue weighted by Gasteiger charge is 2.15. The molecule has 8 heteroatoms. The molecule has 0 aliphatic carbocycles. The second-order valence-corrected chi connectivity index (χ2v) is 7.38. The van der Waals surface area contributed by atoms with Crippen molar-refractivity contribution in [1.82, 2.24) is 14.6 Å². The predicted molar refractivity (Wildman–Crippen MR) is 106 cm³/mol. The SMILES string of the molecule is CC(=O)c1cccc(-c2cnc3sc(NCc4ccc5c(c4)OCO5)nn23)c1. The van der Waals surface area contributed by atoms with Crippen LogP contribution in [0.25, 0.3) is 16.2 Å². The van der Waals surface area contributed by atoms with Crippen molar-refractivity contribution in [3.63, 3.8) is 0 Å². The zero-order valence-corrected chi connectivity index (χ0v) is 15.8. The Balaban J connectivity index is 1.39. The standard InChI is InChI=1S/C20H16N4O3S/c1-12(25)14-3-2-4-15(8-14)16-10-22-20-24(16)23-19(28-20)21-9-13-5-6-17-18(7-13)27-11-26-17/h2-8,10H,9,11H2,1H3,(H,21,23). The van der Waals surface area contributed by atoms with Gasteiger partial charge in [-0.2, -0.15) is 0 Å². The summed E-state index contributed by atoms with van der Waals surface area (Å²) < 4.78 is 12.6. The van der Waals surface area contributed by atoms with Crippen LogP contribution in [-0.2, 0) is 6.54 Å². The minimum absolute atomic E-state index is 0.0342. The summed E-state index contributed by atoms with van der Waals surface area (Å²) in [5.74, 6) is 1.57. The summed E-state index contributed by atoms with van der Waals surface area (Å²) in [5.41, 5.74) is 3.51. The number of Topliss-reactive ketones (excluding diaryl/α,β-unsaturated/α-hetero) is 1. The number of imidazole rings is 1. The number of carbonyl (C=O) groups excluding carboxylic acids is 1. The molecule has 0 atom stereocenters. The molecule has 0 bridgehead atoms. The zero-order valence-electron chi connectivity index (χ0n) is 15.0. The van der Waals surface area contributed by atoms with Crippen molar-refractivity contribution in [2.75, 3.05) is 12.1 Å². The van der Waals surface area contributed by atoms with E-state index in [9.17, 15) is 4.79 Å². The van der Waals surface area contributed by atoms with Gasteiger partial charge in [0.05, 0.1) is 11.9 Å². The molecule has 1 N–H and O–H groups in total. The molecule has 0 spiro atoms. The topological polar surface area (TPSA) is 77.8 Å². The smallest absolute Gasteiger partial charge is 0.231 e. The first kappa shape index (κ1) is 16.8. The molecule has 1 aliphatic rings. The van der Waals surface area contributed by atoms with Gasteiger partial charge in [0.1, 0.15) is 0 Å². The maximum Gasteiger partial charge on any atom is 0.231 e. The van der Waals surface area contributed by atoms with Crippen molar-refractivity contribution in [2.24, 2.45) is 0 Å². The van der Waals surface area contributed by atoms with Crippen LogP contribution in [0.5, 0.6) is 11.5 Å². The summed E-state index contributed by atoms with van der Waals surface area (Å²) in [5, 5.41) is 8.73. The molecule has 0 fully saturated rings. The molecule has 0 radical (unpaired) electrons. The number of benzene rings is 2. The van der Waals surface area contributed by atoms with Crippen molar-refractivity contribution in [3.05, 3.63) is 59.8 Å². The number of aromatic nitrogens is 3. The number of carbonyl (C=O) groups is 1. The highest BCUT2D eigenvalue weighted by Crippen LogP contribution is 2.33. The number of nitrogens with one attached hydrogen (secondary N) is 1. The van der Waals surface area contributed by atoms with Crippen LogP contribution in [0.15, 0.2) is 48.7 Å². The highest BCUT2D eigenvalue weighted by atomic mass is 32.1. The summed E-state index contributed by atoms with van der Waals surface area (Å²) in [6.45, 7) is 2.44. The third kappa shape index (κ3) is 2.97.